The predicted octanol–water partition coefficient (Wildman–Crippen LogP) is 6.77. The van der Waals surface area contributed by atoms with Crippen LogP contribution in [0.3, 0.4) is 0 Å². The molecule has 1 spiro atoms. The number of methoxy groups -OCH3 is 1. The lowest BCUT2D eigenvalue weighted by atomic mass is 9.72. The maximum Gasteiger partial charge on any atom is 0.343 e. The van der Waals surface area contributed by atoms with Crippen molar-refractivity contribution in [2.24, 2.45) is 0 Å². The Balaban J connectivity index is 1.59. The van der Waals surface area contributed by atoms with E-state index in [0.29, 0.717) is 16.9 Å². The third kappa shape index (κ3) is 3.67. The molecule has 0 radical (unpaired) electrons. The van der Waals surface area contributed by atoms with Gasteiger partial charge in [0.2, 0.25) is 0 Å². The minimum Gasteiger partial charge on any atom is -0.497 e. The van der Waals surface area contributed by atoms with Gasteiger partial charge in [-0.05, 0) is 89.2 Å². The highest BCUT2D eigenvalue weighted by Gasteiger charge is 2.56. The Hall–Kier alpha value is -3.40. The van der Waals surface area contributed by atoms with Gasteiger partial charge >= 0.3 is 5.97 Å². The number of fused-ring (bicyclic) bond motifs is 4. The lowest BCUT2D eigenvalue weighted by Gasteiger charge is -2.30. The molecule has 1 unspecified atom stereocenters. The summed E-state index contributed by atoms with van der Waals surface area (Å²) in [5.74, 6) is 0.834. The van der Waals surface area contributed by atoms with Gasteiger partial charge in [0.15, 0.2) is 5.78 Å². The van der Waals surface area contributed by atoms with Gasteiger partial charge in [-0.2, -0.15) is 0 Å². The minimum absolute atomic E-state index is 0.0130. The second-order valence-corrected chi connectivity index (χ2v) is 11.3. The van der Waals surface area contributed by atoms with E-state index in [1.165, 1.54) is 29.2 Å². The number of carbonyl (C=O) groups excluding carboxylic acids is 2. The van der Waals surface area contributed by atoms with Gasteiger partial charge in [-0.25, -0.2) is 4.79 Å². The first-order valence-corrected chi connectivity index (χ1v) is 12.1. The summed E-state index contributed by atoms with van der Waals surface area (Å²) >= 11 is 0. The van der Waals surface area contributed by atoms with E-state index in [-0.39, 0.29) is 22.0 Å². The highest BCUT2D eigenvalue weighted by molar-refractivity contribution is 5.98. The topological polar surface area (TPSA) is 52.6 Å². The van der Waals surface area contributed by atoms with Gasteiger partial charge in [-0.1, -0.05) is 52.0 Å². The van der Waals surface area contributed by atoms with Crippen LogP contribution in [0.4, 0.5) is 0 Å². The van der Waals surface area contributed by atoms with Crippen molar-refractivity contribution in [3.8, 4) is 11.5 Å². The molecule has 0 aromatic heterocycles. The summed E-state index contributed by atoms with van der Waals surface area (Å²) in [6, 6.07) is 19.2. The SMILES string of the molecule is COc1ccc2c(c1)C1(CC2(C)C)CC(C)(C)c2ccc(OC(=O)c3cccc(C(C)=O)c3)cc21. The van der Waals surface area contributed by atoms with Crippen molar-refractivity contribution in [1.29, 1.82) is 0 Å². The lowest BCUT2D eigenvalue weighted by molar-refractivity contribution is 0.0734. The van der Waals surface area contributed by atoms with E-state index in [9.17, 15) is 9.59 Å². The van der Waals surface area contributed by atoms with E-state index in [2.05, 4.69) is 52.0 Å². The van der Waals surface area contributed by atoms with Crippen LogP contribution in [-0.2, 0) is 16.2 Å². The molecule has 180 valence electrons. The quantitative estimate of drug-likeness (QED) is 0.241. The fourth-order valence-electron chi connectivity index (χ4n) is 6.53. The van der Waals surface area contributed by atoms with Crippen LogP contribution in [0.2, 0.25) is 0 Å². The molecule has 5 rings (SSSR count). The molecule has 35 heavy (non-hydrogen) atoms. The first-order valence-electron chi connectivity index (χ1n) is 12.1. The Kier molecular flexibility index (Phi) is 5.21. The molecule has 4 nitrogen and oxygen atoms in total. The number of hydrogen-bond donors (Lipinski definition) is 0. The first kappa shape index (κ1) is 23.3. The summed E-state index contributed by atoms with van der Waals surface area (Å²) in [4.78, 5) is 24.7. The number of esters is 1. The molecule has 0 aliphatic heterocycles. The Morgan fingerprint density at radius 2 is 1.26 bits per heavy atom. The van der Waals surface area contributed by atoms with Crippen molar-refractivity contribution in [3.05, 3.63) is 94.0 Å². The molecule has 2 aliphatic carbocycles. The van der Waals surface area contributed by atoms with E-state index >= 15 is 0 Å². The van der Waals surface area contributed by atoms with Crippen molar-refractivity contribution in [1.82, 2.24) is 0 Å². The molecule has 0 fully saturated rings. The Labute approximate surface area is 207 Å². The molecule has 3 aromatic carbocycles. The van der Waals surface area contributed by atoms with E-state index in [4.69, 9.17) is 9.47 Å². The molecule has 0 heterocycles. The van der Waals surface area contributed by atoms with Gasteiger partial charge < -0.3 is 9.47 Å². The second-order valence-electron chi connectivity index (χ2n) is 11.3. The average Bonchev–Trinajstić information content (AvgIpc) is 3.18. The van der Waals surface area contributed by atoms with Gasteiger partial charge in [0.25, 0.3) is 0 Å². The fourth-order valence-corrected chi connectivity index (χ4v) is 6.53. The fraction of sp³-hybridized carbons (Fsp3) is 0.355. The number of Topliss-reactive ketones (excluding diaryl/α,β-unsaturated/α-hetero) is 1. The largest absolute Gasteiger partial charge is 0.497 e. The number of ether oxygens (including phenoxy) is 2. The first-order chi connectivity index (χ1) is 16.5. The van der Waals surface area contributed by atoms with E-state index in [0.717, 1.165) is 18.6 Å². The van der Waals surface area contributed by atoms with Crippen molar-refractivity contribution in [3.63, 3.8) is 0 Å². The molecule has 0 N–H and O–H groups in total. The van der Waals surface area contributed by atoms with E-state index < -0.39 is 5.97 Å². The van der Waals surface area contributed by atoms with E-state index in [1.807, 2.05) is 12.1 Å². The van der Waals surface area contributed by atoms with Crippen LogP contribution in [0.5, 0.6) is 11.5 Å². The van der Waals surface area contributed by atoms with Gasteiger partial charge in [0.05, 0.1) is 12.7 Å². The Morgan fingerprint density at radius 1 is 0.714 bits per heavy atom. The summed E-state index contributed by atoms with van der Waals surface area (Å²) in [6.45, 7) is 10.7. The molecule has 0 amide bonds. The third-order valence-corrected chi connectivity index (χ3v) is 7.91. The molecule has 2 aliphatic rings. The number of hydrogen-bond acceptors (Lipinski definition) is 4. The zero-order valence-electron chi connectivity index (χ0n) is 21.3. The van der Waals surface area contributed by atoms with Gasteiger partial charge in [-0.3, -0.25) is 4.79 Å². The lowest BCUT2D eigenvalue weighted by Crippen LogP contribution is -2.27. The Bertz CT molecular complexity index is 1360. The molecular weight excluding hydrogens is 436 g/mol. The summed E-state index contributed by atoms with van der Waals surface area (Å²) in [5, 5.41) is 0. The number of rotatable bonds is 4. The van der Waals surface area contributed by atoms with Crippen LogP contribution in [0.15, 0.2) is 60.7 Å². The highest BCUT2D eigenvalue weighted by Crippen LogP contribution is 2.63. The summed E-state index contributed by atoms with van der Waals surface area (Å²) in [7, 11) is 1.71. The number of benzene rings is 3. The van der Waals surface area contributed by atoms with Crippen molar-refractivity contribution in [2.75, 3.05) is 7.11 Å². The standard InChI is InChI=1S/C31H32O4/c1-19(32)20-8-7-9-21(14-20)28(33)35-23-11-13-25-27(16-23)31(18-30(25,4)5)17-29(2,3)24-12-10-22(34-6)15-26(24)31/h7-16H,17-18H2,1-6H3. The predicted molar refractivity (Wildman–Crippen MR) is 137 cm³/mol. The van der Waals surface area contributed by atoms with Crippen LogP contribution < -0.4 is 9.47 Å². The van der Waals surface area contributed by atoms with Gasteiger partial charge in [-0.15, -0.1) is 0 Å². The van der Waals surface area contributed by atoms with Crippen LogP contribution in [0.1, 0.15) is 90.4 Å². The highest BCUT2D eigenvalue weighted by atomic mass is 16.5. The zero-order chi connectivity index (χ0) is 25.2. The summed E-state index contributed by atoms with van der Waals surface area (Å²) in [6.07, 6.45) is 1.97. The van der Waals surface area contributed by atoms with E-state index in [1.54, 1.807) is 31.4 Å². The monoisotopic (exact) mass is 468 g/mol. The summed E-state index contributed by atoms with van der Waals surface area (Å²) in [5.41, 5.74) is 5.86. The smallest absolute Gasteiger partial charge is 0.343 e. The average molecular weight is 469 g/mol. The molecule has 4 heteroatoms. The zero-order valence-corrected chi connectivity index (χ0v) is 21.3. The number of ketones is 1. The van der Waals surface area contributed by atoms with Gasteiger partial charge in [0.1, 0.15) is 11.5 Å². The normalized spacial score (nSPS) is 20.9. The van der Waals surface area contributed by atoms with Crippen LogP contribution in [-0.4, -0.2) is 18.9 Å². The van der Waals surface area contributed by atoms with Crippen LogP contribution in [0, 0.1) is 0 Å². The van der Waals surface area contributed by atoms with Crippen molar-refractivity contribution in [2.45, 2.75) is 63.7 Å². The second kappa shape index (κ2) is 7.81. The molecule has 0 saturated heterocycles. The minimum atomic E-state index is -0.465. The van der Waals surface area contributed by atoms with Crippen molar-refractivity contribution < 1.29 is 19.1 Å². The Morgan fingerprint density at radius 3 is 1.83 bits per heavy atom. The molecule has 3 aromatic rings. The summed E-state index contributed by atoms with van der Waals surface area (Å²) < 4.78 is 11.5. The molecule has 1 atom stereocenters. The molecule has 0 bridgehead atoms. The maximum absolute atomic E-state index is 13.0. The molecular formula is C31H32O4. The van der Waals surface area contributed by atoms with Crippen LogP contribution in [0.25, 0.3) is 0 Å². The van der Waals surface area contributed by atoms with Crippen molar-refractivity contribution >= 4 is 11.8 Å². The number of carbonyl (C=O) groups is 2. The van der Waals surface area contributed by atoms with Gasteiger partial charge in [0, 0.05) is 11.0 Å². The molecule has 0 saturated carbocycles. The third-order valence-electron chi connectivity index (χ3n) is 7.91. The maximum atomic E-state index is 13.0. The van der Waals surface area contributed by atoms with Crippen LogP contribution >= 0.6 is 0 Å².